The van der Waals surface area contributed by atoms with Crippen molar-refractivity contribution in [3.63, 3.8) is 0 Å². The maximum Gasteiger partial charge on any atom is 0.414 e. The van der Waals surface area contributed by atoms with Crippen LogP contribution in [0.3, 0.4) is 0 Å². The summed E-state index contributed by atoms with van der Waals surface area (Å²) in [7, 11) is 0. The third-order valence-electron chi connectivity index (χ3n) is 6.47. The number of benzene rings is 1. The number of halogens is 1. The van der Waals surface area contributed by atoms with E-state index >= 15 is 4.39 Å². The topological polar surface area (TPSA) is 98.1 Å². The van der Waals surface area contributed by atoms with Crippen molar-refractivity contribution in [2.45, 2.75) is 18.9 Å². The van der Waals surface area contributed by atoms with Crippen LogP contribution in [-0.2, 0) is 14.3 Å². The number of cyclic esters (lactones) is 1. The number of rotatable bonds is 6. The third-order valence-corrected chi connectivity index (χ3v) is 7.22. The molecule has 192 valence electrons. The number of amides is 2. The highest BCUT2D eigenvalue weighted by Gasteiger charge is 2.33. The van der Waals surface area contributed by atoms with Crippen LogP contribution in [0, 0.1) is 17.1 Å². The number of thiocarbonyl (C=S) groups is 1. The number of thiol groups is 1. The van der Waals surface area contributed by atoms with Gasteiger partial charge < -0.3 is 24.6 Å². The van der Waals surface area contributed by atoms with Gasteiger partial charge in [-0.1, -0.05) is 12.2 Å². The van der Waals surface area contributed by atoms with E-state index < -0.39 is 18.0 Å². The molecule has 0 spiro atoms. The lowest BCUT2D eigenvalue weighted by Gasteiger charge is -2.33. The minimum Gasteiger partial charge on any atom is -0.442 e. The second-order valence-corrected chi connectivity index (χ2v) is 9.40. The lowest BCUT2D eigenvalue weighted by Crippen LogP contribution is -2.41. The van der Waals surface area contributed by atoms with Gasteiger partial charge in [-0.05, 0) is 36.6 Å². The fourth-order valence-corrected chi connectivity index (χ4v) is 5.00. The standard InChI is InChI=1S/C24H28FN5O4S2/c25-20-11-17(30-14-18(34-24(30)32)13-27-22(31)15-35)1-2-21(20)28-5-3-16(4-6-28)19(12-26)23(36)29-7-9-33-10-8-29/h1-2,11,18,35H,3-10,13-15H2,(H,27,31). The summed E-state index contributed by atoms with van der Waals surface area (Å²) >= 11 is 9.48. The molecule has 1 N–H and O–H groups in total. The SMILES string of the molecule is N#CC(C(=S)N1CCOCC1)=C1CCN(c2ccc(N3CC(CNC(=O)CS)OC3=O)cc2F)CC1. The van der Waals surface area contributed by atoms with Crippen LogP contribution in [0.25, 0.3) is 0 Å². The fraction of sp³-hybridized carbons (Fsp3) is 0.500. The van der Waals surface area contributed by atoms with Gasteiger partial charge in [-0.2, -0.15) is 17.9 Å². The number of nitrogens with zero attached hydrogens (tertiary/aromatic N) is 4. The second kappa shape index (κ2) is 11.9. The number of piperidine rings is 1. The summed E-state index contributed by atoms with van der Waals surface area (Å²) < 4.78 is 25.8. The Morgan fingerprint density at radius 3 is 2.61 bits per heavy atom. The monoisotopic (exact) mass is 533 g/mol. The molecule has 1 unspecified atom stereocenters. The normalized spacial score (nSPS) is 20.1. The molecule has 2 amide bonds. The highest BCUT2D eigenvalue weighted by Crippen LogP contribution is 2.31. The van der Waals surface area contributed by atoms with E-state index in [0.29, 0.717) is 74.2 Å². The van der Waals surface area contributed by atoms with Gasteiger partial charge in [0.05, 0.1) is 49.0 Å². The van der Waals surface area contributed by atoms with Crippen LogP contribution in [0.1, 0.15) is 12.8 Å². The van der Waals surface area contributed by atoms with Gasteiger partial charge in [0.15, 0.2) is 0 Å². The van der Waals surface area contributed by atoms with E-state index in [2.05, 4.69) is 24.0 Å². The maximum absolute atomic E-state index is 15.1. The Kier molecular flexibility index (Phi) is 8.66. The Morgan fingerprint density at radius 2 is 1.97 bits per heavy atom. The first-order chi connectivity index (χ1) is 17.4. The third kappa shape index (κ3) is 5.91. The molecule has 1 atom stereocenters. The Labute approximate surface area is 220 Å². The maximum atomic E-state index is 15.1. The summed E-state index contributed by atoms with van der Waals surface area (Å²) in [5.41, 5.74) is 2.38. The summed E-state index contributed by atoms with van der Waals surface area (Å²) in [5, 5.41) is 12.4. The molecule has 3 aliphatic rings. The number of ether oxygens (including phenoxy) is 2. The lowest BCUT2D eigenvalue weighted by molar-refractivity contribution is -0.118. The minimum absolute atomic E-state index is 0.0449. The first-order valence-electron chi connectivity index (χ1n) is 11.8. The van der Waals surface area contributed by atoms with Crippen molar-refractivity contribution in [2.24, 2.45) is 0 Å². The predicted octanol–water partition coefficient (Wildman–Crippen LogP) is 2.28. The van der Waals surface area contributed by atoms with Gasteiger partial charge in [0.1, 0.15) is 23.0 Å². The second-order valence-electron chi connectivity index (χ2n) is 8.70. The molecule has 4 rings (SSSR count). The molecule has 9 nitrogen and oxygen atoms in total. The molecule has 3 saturated heterocycles. The molecule has 0 radical (unpaired) electrons. The van der Waals surface area contributed by atoms with Crippen LogP contribution in [0.4, 0.5) is 20.6 Å². The molecular weight excluding hydrogens is 505 g/mol. The van der Waals surface area contributed by atoms with E-state index in [1.54, 1.807) is 12.1 Å². The largest absolute Gasteiger partial charge is 0.442 e. The van der Waals surface area contributed by atoms with E-state index in [1.165, 1.54) is 11.0 Å². The highest BCUT2D eigenvalue weighted by molar-refractivity contribution is 7.81. The highest BCUT2D eigenvalue weighted by atomic mass is 32.1. The van der Waals surface area contributed by atoms with Gasteiger partial charge in [0.2, 0.25) is 5.91 Å². The van der Waals surface area contributed by atoms with Crippen molar-refractivity contribution in [3.05, 3.63) is 35.2 Å². The number of anilines is 2. The summed E-state index contributed by atoms with van der Waals surface area (Å²) in [4.78, 5) is 29.5. The van der Waals surface area contributed by atoms with Crippen LogP contribution in [0.15, 0.2) is 29.3 Å². The Morgan fingerprint density at radius 1 is 1.25 bits per heavy atom. The van der Waals surface area contributed by atoms with Crippen LogP contribution in [0.5, 0.6) is 0 Å². The van der Waals surface area contributed by atoms with Crippen molar-refractivity contribution in [3.8, 4) is 6.07 Å². The average molecular weight is 534 g/mol. The fourth-order valence-electron chi connectivity index (χ4n) is 4.51. The predicted molar refractivity (Wildman–Crippen MR) is 140 cm³/mol. The number of nitriles is 1. The molecule has 36 heavy (non-hydrogen) atoms. The van der Waals surface area contributed by atoms with Crippen molar-refractivity contribution in [1.29, 1.82) is 5.26 Å². The summed E-state index contributed by atoms with van der Waals surface area (Å²) in [6.45, 7) is 4.04. The lowest BCUT2D eigenvalue weighted by atomic mass is 9.97. The zero-order valence-corrected chi connectivity index (χ0v) is 21.5. The Bertz CT molecular complexity index is 1090. The number of hydrogen-bond acceptors (Lipinski definition) is 8. The van der Waals surface area contributed by atoms with Gasteiger partial charge in [0, 0.05) is 26.2 Å². The molecule has 1 aromatic rings. The number of carbonyl (C=O) groups excluding carboxylic acids is 2. The smallest absolute Gasteiger partial charge is 0.414 e. The van der Waals surface area contributed by atoms with E-state index in [4.69, 9.17) is 21.7 Å². The van der Waals surface area contributed by atoms with E-state index in [-0.39, 0.29) is 24.7 Å². The van der Waals surface area contributed by atoms with Gasteiger partial charge in [0.25, 0.3) is 0 Å². The molecule has 12 heteroatoms. The summed E-state index contributed by atoms with van der Waals surface area (Å²) in [6.07, 6.45) is 0.133. The zero-order chi connectivity index (χ0) is 25.7. The van der Waals surface area contributed by atoms with Crippen molar-refractivity contribution >= 4 is 53.2 Å². The number of nitrogens with one attached hydrogen (secondary N) is 1. The van der Waals surface area contributed by atoms with Crippen LogP contribution >= 0.6 is 24.8 Å². The molecule has 3 fully saturated rings. The quantitative estimate of drug-likeness (QED) is 0.249. The molecular formula is C24H28FN5O4S2. The first-order valence-corrected chi connectivity index (χ1v) is 12.8. The minimum atomic E-state index is -0.583. The van der Waals surface area contributed by atoms with Gasteiger partial charge in [-0.15, -0.1) is 0 Å². The Balaban J connectivity index is 1.38. The van der Waals surface area contributed by atoms with Crippen molar-refractivity contribution < 1.29 is 23.5 Å². The number of morpholine rings is 1. The van der Waals surface area contributed by atoms with Crippen LogP contribution in [0.2, 0.25) is 0 Å². The molecule has 0 aliphatic carbocycles. The molecule has 1 aromatic carbocycles. The molecule has 0 saturated carbocycles. The molecule has 0 aromatic heterocycles. The molecule has 3 heterocycles. The van der Waals surface area contributed by atoms with E-state index in [0.717, 1.165) is 5.57 Å². The first kappa shape index (κ1) is 26.2. The van der Waals surface area contributed by atoms with Crippen molar-refractivity contribution in [2.75, 3.05) is 68.0 Å². The van der Waals surface area contributed by atoms with Gasteiger partial charge >= 0.3 is 6.09 Å². The van der Waals surface area contributed by atoms with Gasteiger partial charge in [-0.25, -0.2) is 9.18 Å². The molecule has 0 bridgehead atoms. The van der Waals surface area contributed by atoms with E-state index in [9.17, 15) is 14.9 Å². The van der Waals surface area contributed by atoms with E-state index in [1.807, 2.05) is 9.80 Å². The van der Waals surface area contributed by atoms with Crippen LogP contribution < -0.4 is 15.1 Å². The number of carbonyl (C=O) groups is 2. The van der Waals surface area contributed by atoms with Crippen molar-refractivity contribution in [1.82, 2.24) is 10.2 Å². The van der Waals surface area contributed by atoms with Crippen LogP contribution in [-0.4, -0.2) is 86.2 Å². The summed E-state index contributed by atoms with van der Waals surface area (Å²) in [6, 6.07) is 6.96. The van der Waals surface area contributed by atoms with Gasteiger partial charge in [-0.3, -0.25) is 9.69 Å². The molecule has 3 aliphatic heterocycles. The average Bonchev–Trinajstić information content (AvgIpc) is 3.28. The zero-order valence-electron chi connectivity index (χ0n) is 19.7. The Hall–Kier alpha value is -2.88. The number of hydrogen-bond donors (Lipinski definition) is 2. The summed E-state index contributed by atoms with van der Waals surface area (Å²) in [5.74, 6) is -0.653.